The maximum absolute atomic E-state index is 10.8. The molecule has 0 saturated heterocycles. The van der Waals surface area contributed by atoms with Crippen LogP contribution in [0.25, 0.3) is 0 Å². The summed E-state index contributed by atoms with van der Waals surface area (Å²) < 4.78 is 21.6. The van der Waals surface area contributed by atoms with Crippen LogP contribution in [-0.2, 0) is 9.05 Å². The predicted molar refractivity (Wildman–Crippen MR) is 136 cm³/mol. The van der Waals surface area contributed by atoms with Crippen LogP contribution in [0.1, 0.15) is 161 Å². The molecule has 0 radical (unpaired) electrons. The molecule has 0 aromatic rings. The van der Waals surface area contributed by atoms with Crippen LogP contribution in [0, 0.1) is 0 Å². The molecule has 0 heterocycles. The Kier molecular flexibility index (Phi) is 24.1. The summed E-state index contributed by atoms with van der Waals surface area (Å²) in [7, 11) is 1.93. The Morgan fingerprint density at radius 1 is 0.400 bits per heavy atom. The van der Waals surface area contributed by atoms with E-state index in [1.54, 1.807) is 0 Å². The number of hydrogen-bond donors (Lipinski definition) is 0. The minimum atomic E-state index is -3.28. The van der Waals surface area contributed by atoms with Crippen LogP contribution in [0.4, 0.5) is 0 Å². The first-order valence-electron chi connectivity index (χ1n) is 13.5. The van der Waals surface area contributed by atoms with Crippen molar-refractivity contribution in [2.75, 3.05) is 5.75 Å². The van der Waals surface area contributed by atoms with Gasteiger partial charge in [0.15, 0.2) is 0 Å². The average Bonchev–Trinajstić information content (AvgIpc) is 2.70. The van der Waals surface area contributed by atoms with Gasteiger partial charge in [-0.1, -0.05) is 155 Å². The monoisotopic (exact) mass is 464 g/mol. The quantitative estimate of drug-likeness (QED) is 0.0993. The summed E-state index contributed by atoms with van der Waals surface area (Å²) in [5, 5.41) is 0. The van der Waals surface area contributed by atoms with E-state index in [0.29, 0.717) is 6.42 Å². The summed E-state index contributed by atoms with van der Waals surface area (Å²) >= 11 is 0. The van der Waals surface area contributed by atoms with Crippen molar-refractivity contribution in [2.24, 2.45) is 0 Å². The highest BCUT2D eigenvalue weighted by atomic mass is 35.7. The molecule has 0 amide bonds. The molecule has 0 N–H and O–H groups in total. The Bertz CT molecular complexity index is 423. The molecule has 0 saturated carbocycles. The molecular formula is C26H53ClO2S. The predicted octanol–water partition coefficient (Wildman–Crippen LogP) is 9.94. The van der Waals surface area contributed by atoms with Gasteiger partial charge in [0.2, 0.25) is 9.05 Å². The van der Waals surface area contributed by atoms with Crippen LogP contribution in [0.3, 0.4) is 0 Å². The van der Waals surface area contributed by atoms with E-state index in [1.807, 2.05) is 0 Å². The van der Waals surface area contributed by atoms with E-state index in [1.165, 1.54) is 135 Å². The van der Waals surface area contributed by atoms with E-state index < -0.39 is 9.05 Å². The van der Waals surface area contributed by atoms with Crippen molar-refractivity contribution in [3.63, 3.8) is 0 Å². The lowest BCUT2D eigenvalue weighted by atomic mass is 10.0. The van der Waals surface area contributed by atoms with Gasteiger partial charge in [-0.05, 0) is 6.42 Å². The molecule has 0 fully saturated rings. The van der Waals surface area contributed by atoms with Crippen molar-refractivity contribution in [3.05, 3.63) is 0 Å². The fourth-order valence-electron chi connectivity index (χ4n) is 4.24. The molecule has 2 nitrogen and oxygen atoms in total. The molecule has 0 atom stereocenters. The zero-order valence-corrected chi connectivity index (χ0v) is 21.9. The molecule has 30 heavy (non-hydrogen) atoms. The first-order chi connectivity index (χ1) is 14.6. The maximum Gasteiger partial charge on any atom is 0.232 e. The highest BCUT2D eigenvalue weighted by molar-refractivity contribution is 8.13. The summed E-state index contributed by atoms with van der Waals surface area (Å²) in [6.07, 6.45) is 32.5. The van der Waals surface area contributed by atoms with Gasteiger partial charge in [0.05, 0.1) is 5.75 Å². The lowest BCUT2D eigenvalue weighted by Gasteiger charge is -2.04. The largest absolute Gasteiger partial charge is 0.232 e. The van der Waals surface area contributed by atoms with Crippen molar-refractivity contribution < 1.29 is 8.42 Å². The van der Waals surface area contributed by atoms with E-state index >= 15 is 0 Å². The minimum Gasteiger partial charge on any atom is -0.212 e. The van der Waals surface area contributed by atoms with Gasteiger partial charge in [-0.2, -0.15) is 0 Å². The van der Waals surface area contributed by atoms with E-state index in [4.69, 9.17) is 10.7 Å². The van der Waals surface area contributed by atoms with Crippen molar-refractivity contribution in [1.29, 1.82) is 0 Å². The lowest BCUT2D eigenvalue weighted by Crippen LogP contribution is -1.96. The van der Waals surface area contributed by atoms with Gasteiger partial charge < -0.3 is 0 Å². The van der Waals surface area contributed by atoms with E-state index in [-0.39, 0.29) is 5.75 Å². The van der Waals surface area contributed by atoms with Crippen LogP contribution in [0.15, 0.2) is 0 Å². The molecule has 0 spiro atoms. The third-order valence-corrected chi connectivity index (χ3v) is 7.48. The van der Waals surface area contributed by atoms with E-state index in [0.717, 1.165) is 12.8 Å². The first kappa shape index (κ1) is 30.2. The molecule has 0 aliphatic heterocycles. The van der Waals surface area contributed by atoms with Crippen molar-refractivity contribution in [2.45, 2.75) is 161 Å². The van der Waals surface area contributed by atoms with E-state index in [9.17, 15) is 8.42 Å². The second-order valence-corrected chi connectivity index (χ2v) is 12.3. The standard InChI is InChI=1S/C26H53ClO2S/c1-2-3-4-5-6-7-8-9-10-11-12-13-14-15-16-17-18-19-20-21-22-23-24-25-26-30(27,28)29/h2-26H2,1H3. The van der Waals surface area contributed by atoms with Gasteiger partial charge in [0.1, 0.15) is 0 Å². The number of halogens is 1. The van der Waals surface area contributed by atoms with Crippen LogP contribution in [0.5, 0.6) is 0 Å². The van der Waals surface area contributed by atoms with Gasteiger partial charge in [0.25, 0.3) is 0 Å². The SMILES string of the molecule is CCCCCCCCCCCCCCCCCCCCCCCCCCS(=O)(=O)Cl. The van der Waals surface area contributed by atoms with Crippen molar-refractivity contribution in [1.82, 2.24) is 0 Å². The summed E-state index contributed by atoms with van der Waals surface area (Å²) in [6, 6.07) is 0. The van der Waals surface area contributed by atoms with Crippen molar-refractivity contribution in [3.8, 4) is 0 Å². The van der Waals surface area contributed by atoms with E-state index in [2.05, 4.69) is 6.92 Å². The molecule has 0 unspecified atom stereocenters. The average molecular weight is 465 g/mol. The van der Waals surface area contributed by atoms with Gasteiger partial charge in [-0.25, -0.2) is 8.42 Å². The molecule has 0 rings (SSSR count). The first-order valence-corrected chi connectivity index (χ1v) is 16.0. The molecule has 0 aromatic heterocycles. The van der Waals surface area contributed by atoms with Crippen LogP contribution < -0.4 is 0 Å². The fourth-order valence-corrected chi connectivity index (χ4v) is 5.11. The summed E-state index contributed by atoms with van der Waals surface area (Å²) in [5.74, 6) is 0.133. The van der Waals surface area contributed by atoms with Gasteiger partial charge >= 0.3 is 0 Å². The smallest absolute Gasteiger partial charge is 0.212 e. The number of unbranched alkanes of at least 4 members (excludes halogenated alkanes) is 23. The third-order valence-electron chi connectivity index (χ3n) is 6.24. The molecule has 0 bridgehead atoms. The molecule has 4 heteroatoms. The normalized spacial score (nSPS) is 11.9. The number of hydrogen-bond acceptors (Lipinski definition) is 2. The summed E-state index contributed by atoms with van der Waals surface area (Å²) in [5.41, 5.74) is 0. The highest BCUT2D eigenvalue weighted by Crippen LogP contribution is 2.15. The highest BCUT2D eigenvalue weighted by Gasteiger charge is 2.03. The second-order valence-electron chi connectivity index (χ2n) is 9.37. The fraction of sp³-hybridized carbons (Fsp3) is 1.00. The maximum atomic E-state index is 10.8. The lowest BCUT2D eigenvalue weighted by molar-refractivity contribution is 0.517. The van der Waals surface area contributed by atoms with Gasteiger partial charge in [-0.3, -0.25) is 0 Å². The molecule has 0 aliphatic rings. The van der Waals surface area contributed by atoms with Crippen molar-refractivity contribution >= 4 is 19.7 Å². The molecule has 0 aliphatic carbocycles. The summed E-state index contributed by atoms with van der Waals surface area (Å²) in [4.78, 5) is 0. The van der Waals surface area contributed by atoms with Gasteiger partial charge in [0, 0.05) is 10.7 Å². The molecule has 182 valence electrons. The zero-order valence-electron chi connectivity index (χ0n) is 20.3. The van der Waals surface area contributed by atoms with Crippen LogP contribution >= 0.6 is 10.7 Å². The van der Waals surface area contributed by atoms with Gasteiger partial charge in [-0.15, -0.1) is 0 Å². The third kappa shape index (κ3) is 28.2. The topological polar surface area (TPSA) is 34.1 Å². The van der Waals surface area contributed by atoms with Crippen LogP contribution in [-0.4, -0.2) is 14.2 Å². The zero-order chi connectivity index (χ0) is 22.2. The number of rotatable bonds is 25. The minimum absolute atomic E-state index is 0.133. The Labute approximate surface area is 194 Å². The van der Waals surface area contributed by atoms with Crippen LogP contribution in [0.2, 0.25) is 0 Å². The Balaban J connectivity index is 3.03. The molecule has 0 aromatic carbocycles. The Morgan fingerprint density at radius 3 is 0.800 bits per heavy atom. The Hall–Kier alpha value is 0.240. The Morgan fingerprint density at radius 2 is 0.600 bits per heavy atom. The second kappa shape index (κ2) is 23.9. The molecular weight excluding hydrogens is 412 g/mol. The summed E-state index contributed by atoms with van der Waals surface area (Å²) in [6.45, 7) is 2.29.